The molecule has 0 aromatic rings. The Morgan fingerprint density at radius 1 is 1.56 bits per heavy atom. The number of aliphatic carboxylic acids is 1. The van der Waals surface area contributed by atoms with E-state index in [4.69, 9.17) is 9.84 Å². The normalized spacial score (nSPS) is 21.4. The molecule has 0 aromatic heterocycles. The summed E-state index contributed by atoms with van der Waals surface area (Å²) in [5.41, 5.74) is 0. The van der Waals surface area contributed by atoms with Gasteiger partial charge in [-0.05, 0) is 19.3 Å². The van der Waals surface area contributed by atoms with Crippen molar-refractivity contribution in [2.75, 3.05) is 13.2 Å². The molecule has 92 valence electrons. The van der Waals surface area contributed by atoms with Crippen LogP contribution in [0.1, 0.15) is 26.2 Å². The van der Waals surface area contributed by atoms with Crippen LogP contribution in [0.3, 0.4) is 0 Å². The average molecular weight is 230 g/mol. The van der Waals surface area contributed by atoms with Crippen molar-refractivity contribution in [1.82, 2.24) is 10.6 Å². The Morgan fingerprint density at radius 2 is 2.31 bits per heavy atom. The van der Waals surface area contributed by atoms with Gasteiger partial charge >= 0.3 is 12.0 Å². The fourth-order valence-electron chi connectivity index (χ4n) is 1.56. The van der Waals surface area contributed by atoms with E-state index in [-0.39, 0.29) is 6.10 Å². The maximum absolute atomic E-state index is 11.3. The molecule has 1 aliphatic rings. The lowest BCUT2D eigenvalue weighted by Crippen LogP contribution is -2.47. The summed E-state index contributed by atoms with van der Waals surface area (Å²) >= 11 is 0. The highest BCUT2D eigenvalue weighted by Crippen LogP contribution is 2.10. The van der Waals surface area contributed by atoms with E-state index in [2.05, 4.69) is 10.6 Å². The molecule has 1 unspecified atom stereocenters. The second kappa shape index (κ2) is 6.32. The molecule has 1 saturated heterocycles. The fraction of sp³-hybridized carbons (Fsp3) is 0.800. The van der Waals surface area contributed by atoms with Crippen LogP contribution >= 0.6 is 0 Å². The molecule has 0 aliphatic carbocycles. The first-order chi connectivity index (χ1) is 7.63. The van der Waals surface area contributed by atoms with Crippen LogP contribution in [0, 0.1) is 0 Å². The summed E-state index contributed by atoms with van der Waals surface area (Å²) in [7, 11) is 0. The van der Waals surface area contributed by atoms with Crippen LogP contribution in [-0.2, 0) is 9.53 Å². The molecule has 0 aromatic carbocycles. The fourth-order valence-corrected chi connectivity index (χ4v) is 1.56. The number of ether oxygens (including phenoxy) is 1. The van der Waals surface area contributed by atoms with Crippen molar-refractivity contribution in [3.8, 4) is 0 Å². The number of carbonyl (C=O) groups excluding carboxylic acids is 1. The van der Waals surface area contributed by atoms with Crippen molar-refractivity contribution >= 4 is 12.0 Å². The third kappa shape index (κ3) is 4.06. The summed E-state index contributed by atoms with van der Waals surface area (Å²) < 4.78 is 5.32. The molecule has 3 N–H and O–H groups in total. The topological polar surface area (TPSA) is 87.7 Å². The van der Waals surface area contributed by atoms with E-state index in [1.54, 1.807) is 6.92 Å². The first kappa shape index (κ1) is 12.8. The zero-order chi connectivity index (χ0) is 12.0. The summed E-state index contributed by atoms with van der Waals surface area (Å²) in [5.74, 6) is -1.02. The van der Waals surface area contributed by atoms with Gasteiger partial charge in [0.05, 0.1) is 6.10 Å². The molecule has 0 spiro atoms. The van der Waals surface area contributed by atoms with Gasteiger partial charge in [0.25, 0.3) is 0 Å². The van der Waals surface area contributed by atoms with Gasteiger partial charge in [0, 0.05) is 13.2 Å². The Morgan fingerprint density at radius 3 is 2.81 bits per heavy atom. The minimum absolute atomic E-state index is 0.0654. The van der Waals surface area contributed by atoms with Crippen molar-refractivity contribution in [3.63, 3.8) is 0 Å². The van der Waals surface area contributed by atoms with Gasteiger partial charge in [-0.15, -0.1) is 0 Å². The van der Waals surface area contributed by atoms with Crippen LogP contribution in [0.5, 0.6) is 0 Å². The quantitative estimate of drug-likeness (QED) is 0.635. The molecule has 6 nitrogen and oxygen atoms in total. The first-order valence-corrected chi connectivity index (χ1v) is 5.52. The lowest BCUT2D eigenvalue weighted by Gasteiger charge is -2.15. The van der Waals surface area contributed by atoms with Crippen LogP contribution in [0.2, 0.25) is 0 Å². The monoisotopic (exact) mass is 230 g/mol. The average Bonchev–Trinajstić information content (AvgIpc) is 2.75. The van der Waals surface area contributed by atoms with Crippen molar-refractivity contribution in [2.24, 2.45) is 0 Å². The van der Waals surface area contributed by atoms with Gasteiger partial charge in [0.2, 0.25) is 0 Å². The van der Waals surface area contributed by atoms with E-state index >= 15 is 0 Å². The smallest absolute Gasteiger partial charge is 0.326 e. The number of carbonyl (C=O) groups is 2. The van der Waals surface area contributed by atoms with E-state index in [0.29, 0.717) is 13.0 Å². The van der Waals surface area contributed by atoms with Crippen molar-refractivity contribution < 1.29 is 19.4 Å². The Labute approximate surface area is 94.3 Å². The predicted molar refractivity (Wildman–Crippen MR) is 57.2 cm³/mol. The second-order valence-electron chi connectivity index (χ2n) is 3.79. The zero-order valence-corrected chi connectivity index (χ0v) is 9.36. The number of rotatable bonds is 5. The van der Waals surface area contributed by atoms with Gasteiger partial charge in [-0.3, -0.25) is 0 Å². The van der Waals surface area contributed by atoms with Crippen LogP contribution in [-0.4, -0.2) is 42.4 Å². The molecular formula is C10H18N2O4. The number of urea groups is 1. The standard InChI is InChI=1S/C10H18N2O4/c1-2-8(9(13)14)12-10(15)11-6-7-4-3-5-16-7/h7-8H,2-6H2,1H3,(H,13,14)(H2,11,12,15)/t7?,8-/m0/s1. The second-order valence-corrected chi connectivity index (χ2v) is 3.79. The molecule has 6 heteroatoms. The summed E-state index contributed by atoms with van der Waals surface area (Å²) in [6, 6.07) is -1.28. The van der Waals surface area contributed by atoms with Crippen LogP contribution < -0.4 is 10.6 Å². The molecule has 0 bridgehead atoms. The van der Waals surface area contributed by atoms with Gasteiger partial charge in [-0.2, -0.15) is 0 Å². The molecule has 16 heavy (non-hydrogen) atoms. The first-order valence-electron chi connectivity index (χ1n) is 5.52. The highest BCUT2D eigenvalue weighted by Gasteiger charge is 2.19. The molecule has 1 heterocycles. The number of hydrogen-bond acceptors (Lipinski definition) is 3. The van der Waals surface area contributed by atoms with Gasteiger partial charge in [0.15, 0.2) is 0 Å². The largest absolute Gasteiger partial charge is 0.480 e. The highest BCUT2D eigenvalue weighted by atomic mass is 16.5. The summed E-state index contributed by atoms with van der Waals surface area (Å²) in [4.78, 5) is 22.0. The Kier molecular flexibility index (Phi) is 5.04. The maximum Gasteiger partial charge on any atom is 0.326 e. The number of hydrogen-bond donors (Lipinski definition) is 3. The van der Waals surface area contributed by atoms with E-state index in [1.807, 2.05) is 0 Å². The molecular weight excluding hydrogens is 212 g/mol. The summed E-state index contributed by atoms with van der Waals surface area (Å²) in [5, 5.41) is 13.7. The zero-order valence-electron chi connectivity index (χ0n) is 9.36. The lowest BCUT2D eigenvalue weighted by atomic mass is 10.2. The van der Waals surface area contributed by atoms with Gasteiger partial charge in [-0.25, -0.2) is 9.59 Å². The van der Waals surface area contributed by atoms with E-state index < -0.39 is 18.0 Å². The van der Waals surface area contributed by atoms with Crippen molar-refractivity contribution in [2.45, 2.75) is 38.3 Å². The molecule has 2 amide bonds. The maximum atomic E-state index is 11.3. The molecule has 1 rings (SSSR count). The number of carboxylic acids is 1. The SMILES string of the molecule is CC[C@H](NC(=O)NCC1CCCO1)C(=O)O. The van der Waals surface area contributed by atoms with E-state index in [0.717, 1.165) is 19.4 Å². The Balaban J connectivity index is 2.21. The summed E-state index contributed by atoms with van der Waals surface area (Å²) in [6.45, 7) is 2.88. The number of amides is 2. The van der Waals surface area contributed by atoms with Crippen molar-refractivity contribution in [3.05, 3.63) is 0 Å². The Bertz CT molecular complexity index is 251. The van der Waals surface area contributed by atoms with Crippen LogP contribution in [0.15, 0.2) is 0 Å². The van der Waals surface area contributed by atoms with E-state index in [1.165, 1.54) is 0 Å². The molecule has 1 aliphatic heterocycles. The lowest BCUT2D eigenvalue weighted by molar-refractivity contribution is -0.139. The summed E-state index contributed by atoms with van der Waals surface area (Å²) in [6.07, 6.45) is 2.38. The number of nitrogens with one attached hydrogen (secondary N) is 2. The van der Waals surface area contributed by atoms with Gasteiger partial charge in [0.1, 0.15) is 6.04 Å². The molecule has 0 saturated carbocycles. The molecule has 1 fully saturated rings. The highest BCUT2D eigenvalue weighted by molar-refractivity contribution is 5.82. The van der Waals surface area contributed by atoms with Crippen LogP contribution in [0.25, 0.3) is 0 Å². The van der Waals surface area contributed by atoms with Gasteiger partial charge < -0.3 is 20.5 Å². The molecule has 0 radical (unpaired) electrons. The van der Waals surface area contributed by atoms with Gasteiger partial charge in [-0.1, -0.05) is 6.92 Å². The predicted octanol–water partition coefficient (Wildman–Crippen LogP) is 0.328. The third-order valence-electron chi connectivity index (χ3n) is 2.53. The third-order valence-corrected chi connectivity index (χ3v) is 2.53. The van der Waals surface area contributed by atoms with Crippen LogP contribution in [0.4, 0.5) is 4.79 Å². The number of carboxylic acid groups (broad SMARTS) is 1. The molecule has 2 atom stereocenters. The minimum atomic E-state index is -1.02. The van der Waals surface area contributed by atoms with E-state index in [9.17, 15) is 9.59 Å². The van der Waals surface area contributed by atoms with Crippen molar-refractivity contribution in [1.29, 1.82) is 0 Å². The minimum Gasteiger partial charge on any atom is -0.480 e. The Hall–Kier alpha value is -1.30.